The molecule has 0 amide bonds. The van der Waals surface area contributed by atoms with Gasteiger partial charge in [0.1, 0.15) is 16.5 Å². The fourth-order valence-corrected chi connectivity index (χ4v) is 4.05. The fraction of sp³-hybridized carbons (Fsp3) is 0.273. The molecule has 0 saturated carbocycles. The van der Waals surface area contributed by atoms with Crippen LogP contribution in [0.25, 0.3) is 21.6 Å². The van der Waals surface area contributed by atoms with E-state index in [1.165, 1.54) is 10.4 Å². The largest absolute Gasteiger partial charge is 0.369 e. The third-order valence-electron chi connectivity index (χ3n) is 4.59. The van der Waals surface area contributed by atoms with Gasteiger partial charge < -0.3 is 5.32 Å². The Labute approximate surface area is 168 Å². The quantitative estimate of drug-likeness (QED) is 0.447. The second-order valence-corrected chi connectivity index (χ2v) is 7.95. The maximum absolute atomic E-state index is 4.69. The number of hydrogen-bond donors (Lipinski definition) is 1. The number of hydrogen-bond acceptors (Lipinski definition) is 6. The van der Waals surface area contributed by atoms with Crippen LogP contribution in [0.2, 0.25) is 0 Å². The first kappa shape index (κ1) is 18.5. The average Bonchev–Trinajstić information content (AvgIpc) is 3.12. The summed E-state index contributed by atoms with van der Waals surface area (Å²) < 4.78 is 0. The second-order valence-electron chi connectivity index (χ2n) is 6.72. The molecule has 4 rings (SSSR count). The number of nitrogens with zero attached hydrogens (tertiary/aromatic N) is 4. The Morgan fingerprint density at radius 2 is 1.82 bits per heavy atom. The van der Waals surface area contributed by atoms with Crippen molar-refractivity contribution in [2.24, 2.45) is 0 Å². The molecule has 0 unspecified atom stereocenters. The zero-order valence-electron chi connectivity index (χ0n) is 16.1. The van der Waals surface area contributed by atoms with E-state index in [1.807, 2.05) is 6.07 Å². The van der Waals surface area contributed by atoms with Crippen LogP contribution in [0.3, 0.4) is 0 Å². The molecule has 0 saturated heterocycles. The van der Waals surface area contributed by atoms with Gasteiger partial charge in [-0.1, -0.05) is 31.2 Å². The predicted molar refractivity (Wildman–Crippen MR) is 116 cm³/mol. The molecule has 3 aromatic heterocycles. The van der Waals surface area contributed by atoms with Crippen LogP contribution in [0.1, 0.15) is 29.6 Å². The van der Waals surface area contributed by atoms with E-state index in [9.17, 15) is 0 Å². The molecule has 0 aliphatic carbocycles. The molecule has 28 heavy (non-hydrogen) atoms. The minimum absolute atomic E-state index is 0.765. The molecule has 0 radical (unpaired) electrons. The van der Waals surface area contributed by atoms with E-state index < -0.39 is 0 Å². The zero-order chi connectivity index (χ0) is 19.3. The van der Waals surface area contributed by atoms with Crippen LogP contribution in [0, 0.1) is 6.92 Å². The lowest BCUT2D eigenvalue weighted by Gasteiger charge is -2.09. The number of nitrogens with one attached hydrogen (secondary N) is 1. The van der Waals surface area contributed by atoms with Gasteiger partial charge in [-0.15, -0.1) is 11.3 Å². The molecule has 6 heteroatoms. The van der Waals surface area contributed by atoms with Crippen molar-refractivity contribution in [1.82, 2.24) is 19.9 Å². The summed E-state index contributed by atoms with van der Waals surface area (Å²) in [6.07, 6.45) is 6.44. The molecule has 0 bridgehead atoms. The topological polar surface area (TPSA) is 63.6 Å². The van der Waals surface area contributed by atoms with Gasteiger partial charge in [0.15, 0.2) is 5.82 Å². The van der Waals surface area contributed by atoms with Crippen molar-refractivity contribution in [2.75, 3.05) is 11.9 Å². The Morgan fingerprint density at radius 3 is 2.57 bits per heavy atom. The third-order valence-corrected chi connectivity index (χ3v) is 5.54. The van der Waals surface area contributed by atoms with Crippen LogP contribution in [0.5, 0.6) is 0 Å². The maximum Gasteiger partial charge on any atom is 0.159 e. The second kappa shape index (κ2) is 8.44. The highest BCUT2D eigenvalue weighted by atomic mass is 32.1. The first-order valence-corrected chi connectivity index (χ1v) is 10.4. The molecule has 1 aromatic carbocycles. The van der Waals surface area contributed by atoms with E-state index in [0.29, 0.717) is 0 Å². The normalized spacial score (nSPS) is 11.1. The summed E-state index contributed by atoms with van der Waals surface area (Å²) in [5.74, 6) is 2.62. The zero-order valence-corrected chi connectivity index (χ0v) is 17.0. The summed E-state index contributed by atoms with van der Waals surface area (Å²) in [6.45, 7) is 5.09. The summed E-state index contributed by atoms with van der Waals surface area (Å²) in [5, 5.41) is 4.65. The van der Waals surface area contributed by atoms with Gasteiger partial charge in [-0.25, -0.2) is 19.9 Å². The van der Waals surface area contributed by atoms with Gasteiger partial charge in [-0.2, -0.15) is 0 Å². The highest BCUT2D eigenvalue weighted by molar-refractivity contribution is 7.18. The van der Waals surface area contributed by atoms with Crippen LogP contribution >= 0.6 is 11.3 Å². The third kappa shape index (κ3) is 4.17. The van der Waals surface area contributed by atoms with Crippen molar-refractivity contribution in [3.8, 4) is 11.4 Å². The summed E-state index contributed by atoms with van der Waals surface area (Å²) in [4.78, 5) is 20.3. The van der Waals surface area contributed by atoms with Gasteiger partial charge in [-0.3, -0.25) is 0 Å². The van der Waals surface area contributed by atoms with Gasteiger partial charge in [0.2, 0.25) is 0 Å². The minimum Gasteiger partial charge on any atom is -0.369 e. The number of anilines is 1. The van der Waals surface area contributed by atoms with Crippen LogP contribution in [-0.4, -0.2) is 26.5 Å². The Kier molecular flexibility index (Phi) is 5.58. The van der Waals surface area contributed by atoms with Crippen LogP contribution in [-0.2, 0) is 12.8 Å². The van der Waals surface area contributed by atoms with E-state index in [1.54, 1.807) is 23.7 Å². The number of thiophene rings is 1. The van der Waals surface area contributed by atoms with E-state index in [4.69, 9.17) is 4.98 Å². The summed E-state index contributed by atoms with van der Waals surface area (Å²) in [6, 6.07) is 12.5. The van der Waals surface area contributed by atoms with Gasteiger partial charge in [-0.05, 0) is 37.5 Å². The van der Waals surface area contributed by atoms with Crippen LogP contribution in [0.15, 0.2) is 48.8 Å². The Balaban J connectivity index is 1.36. The molecule has 0 aliphatic heterocycles. The molecule has 0 fully saturated rings. The highest BCUT2D eigenvalue weighted by Crippen LogP contribution is 2.28. The molecule has 3 heterocycles. The smallest absolute Gasteiger partial charge is 0.159 e. The number of rotatable bonds is 7. The van der Waals surface area contributed by atoms with Gasteiger partial charge in [0, 0.05) is 35.8 Å². The number of aromatic nitrogens is 4. The molecular formula is C22H23N5S. The van der Waals surface area contributed by atoms with Gasteiger partial charge in [0.25, 0.3) is 0 Å². The summed E-state index contributed by atoms with van der Waals surface area (Å²) in [5.41, 5.74) is 2.36. The monoisotopic (exact) mass is 389 g/mol. The number of benzene rings is 1. The van der Waals surface area contributed by atoms with E-state index >= 15 is 0 Å². The lowest BCUT2D eigenvalue weighted by molar-refractivity contribution is 0.855. The first-order chi connectivity index (χ1) is 13.7. The molecular weight excluding hydrogens is 366 g/mol. The SMILES string of the molecule is CCc1nc(NCCCc2ccc(-c3ncccn3)cc2)c2cc(C)sc2n1. The predicted octanol–water partition coefficient (Wildman–Crippen LogP) is 5.06. The summed E-state index contributed by atoms with van der Waals surface area (Å²) >= 11 is 1.73. The Hall–Kier alpha value is -2.86. The van der Waals surface area contributed by atoms with Crippen molar-refractivity contribution in [3.63, 3.8) is 0 Å². The maximum atomic E-state index is 4.69. The van der Waals surface area contributed by atoms with E-state index in [-0.39, 0.29) is 0 Å². The lowest BCUT2D eigenvalue weighted by atomic mass is 10.1. The minimum atomic E-state index is 0.765. The van der Waals surface area contributed by atoms with Crippen molar-refractivity contribution in [3.05, 3.63) is 65.1 Å². The van der Waals surface area contributed by atoms with Crippen LogP contribution < -0.4 is 5.32 Å². The number of aryl methyl sites for hydroxylation is 3. The first-order valence-electron chi connectivity index (χ1n) is 9.60. The number of fused-ring (bicyclic) bond motifs is 1. The van der Waals surface area contributed by atoms with Crippen LogP contribution in [0.4, 0.5) is 5.82 Å². The Morgan fingerprint density at radius 1 is 1.04 bits per heavy atom. The van der Waals surface area contributed by atoms with Crippen molar-refractivity contribution in [2.45, 2.75) is 33.1 Å². The molecule has 0 aliphatic rings. The fourth-order valence-electron chi connectivity index (χ4n) is 3.15. The average molecular weight is 390 g/mol. The van der Waals surface area contributed by atoms with Crippen molar-refractivity contribution >= 4 is 27.4 Å². The lowest BCUT2D eigenvalue weighted by Crippen LogP contribution is -2.07. The molecule has 0 spiro atoms. The van der Waals surface area contributed by atoms with Crippen molar-refractivity contribution in [1.29, 1.82) is 0 Å². The molecule has 142 valence electrons. The highest BCUT2D eigenvalue weighted by Gasteiger charge is 2.09. The summed E-state index contributed by atoms with van der Waals surface area (Å²) in [7, 11) is 0. The van der Waals surface area contributed by atoms with Crippen molar-refractivity contribution < 1.29 is 0 Å². The molecule has 5 nitrogen and oxygen atoms in total. The molecule has 1 N–H and O–H groups in total. The van der Waals surface area contributed by atoms with Gasteiger partial charge in [0.05, 0.1) is 5.39 Å². The van der Waals surface area contributed by atoms with E-state index in [0.717, 1.165) is 59.1 Å². The van der Waals surface area contributed by atoms with Gasteiger partial charge >= 0.3 is 0 Å². The standard InChI is InChI=1S/C22H23N5S/c1-3-19-26-21(18-14-15(2)28-22(18)27-19)25-11-4-6-16-7-9-17(10-8-16)20-23-12-5-13-24-20/h5,7-10,12-14H,3-4,6,11H2,1-2H3,(H,25,26,27). The molecule has 0 atom stereocenters. The Bertz CT molecular complexity index is 1060. The molecule has 4 aromatic rings. The van der Waals surface area contributed by atoms with E-state index in [2.05, 4.69) is 64.4 Å².